The van der Waals surface area contributed by atoms with E-state index in [1.165, 1.54) is 12.7 Å². The number of nitrogens with zero attached hydrogens (tertiary/aromatic N) is 2. The summed E-state index contributed by atoms with van der Waals surface area (Å²) in [5.74, 6) is 0.703. The van der Waals surface area contributed by atoms with Crippen LogP contribution in [-0.2, 0) is 22.5 Å². The number of aromatic nitrogens is 1. The molecule has 5 nitrogen and oxygen atoms in total. The fraction of sp³-hybridized carbons (Fsp3) is 0.304. The molecule has 0 radical (unpaired) electrons. The van der Waals surface area contributed by atoms with Crippen LogP contribution in [0.1, 0.15) is 18.1 Å². The highest BCUT2D eigenvalue weighted by Crippen LogP contribution is 2.25. The lowest BCUT2D eigenvalue weighted by Gasteiger charge is -2.23. The van der Waals surface area contributed by atoms with Gasteiger partial charge in [0, 0.05) is 31.1 Å². The molecule has 1 heterocycles. The fourth-order valence-corrected chi connectivity index (χ4v) is 3.37. The lowest BCUT2D eigenvalue weighted by molar-refractivity contribution is -0.135. The molecule has 3 aromatic rings. The number of carbonyl (C=O) groups is 1. The van der Waals surface area contributed by atoms with Gasteiger partial charge in [0.15, 0.2) is 0 Å². The van der Waals surface area contributed by atoms with Crippen LogP contribution in [0.15, 0.2) is 54.6 Å². The van der Waals surface area contributed by atoms with Crippen molar-refractivity contribution in [3.63, 3.8) is 0 Å². The molecule has 0 saturated carbocycles. The Bertz CT molecular complexity index is 963. The van der Waals surface area contributed by atoms with Gasteiger partial charge in [0.05, 0.1) is 12.1 Å². The van der Waals surface area contributed by atoms with E-state index in [0.717, 1.165) is 28.6 Å². The second-order valence-corrected chi connectivity index (χ2v) is 7.07. The minimum atomic E-state index is -0.0809. The van der Waals surface area contributed by atoms with Crippen molar-refractivity contribution >= 4 is 28.4 Å². The van der Waals surface area contributed by atoms with Crippen LogP contribution < -0.4 is 4.74 Å². The summed E-state index contributed by atoms with van der Waals surface area (Å²) >= 11 is 6.44. The number of hydrogen-bond donors (Lipinski definition) is 0. The van der Waals surface area contributed by atoms with Crippen molar-refractivity contribution in [2.75, 3.05) is 26.9 Å². The molecule has 6 heteroatoms. The normalized spacial score (nSPS) is 10.9. The van der Waals surface area contributed by atoms with Crippen LogP contribution in [0.25, 0.3) is 10.9 Å². The molecule has 1 aromatic heterocycles. The number of methoxy groups -OCH3 is 1. The maximum Gasteiger partial charge on any atom is 0.248 e. The van der Waals surface area contributed by atoms with E-state index in [4.69, 9.17) is 21.1 Å². The zero-order valence-corrected chi connectivity index (χ0v) is 17.5. The van der Waals surface area contributed by atoms with Crippen molar-refractivity contribution in [3.8, 4) is 5.75 Å². The predicted octanol–water partition coefficient (Wildman–Crippen LogP) is 4.50. The van der Waals surface area contributed by atoms with E-state index < -0.39 is 0 Å². The standard InChI is InChI=1S/C23H25ClN2O3/c1-3-29-20-9-10-21-18(14-20)13-19(23(24)25-21)15-26(22(27)16-28-2)12-11-17-7-5-4-6-8-17/h4-10,13-14H,3,11-12,15-16H2,1-2H3. The summed E-state index contributed by atoms with van der Waals surface area (Å²) in [6, 6.07) is 17.8. The Morgan fingerprint density at radius 3 is 2.66 bits per heavy atom. The van der Waals surface area contributed by atoms with Crippen LogP contribution in [0.5, 0.6) is 5.75 Å². The number of halogens is 1. The van der Waals surface area contributed by atoms with Gasteiger partial charge in [0.2, 0.25) is 5.91 Å². The molecule has 0 unspecified atom stereocenters. The van der Waals surface area contributed by atoms with Gasteiger partial charge in [-0.1, -0.05) is 41.9 Å². The van der Waals surface area contributed by atoms with Crippen LogP contribution in [0, 0.1) is 0 Å². The Kier molecular flexibility index (Phi) is 7.44. The minimum absolute atomic E-state index is 0.0297. The molecule has 0 aliphatic heterocycles. The minimum Gasteiger partial charge on any atom is -0.494 e. The first kappa shape index (κ1) is 21.1. The van der Waals surface area contributed by atoms with E-state index in [1.807, 2.05) is 49.4 Å². The van der Waals surface area contributed by atoms with Gasteiger partial charge in [-0.3, -0.25) is 4.79 Å². The number of hydrogen-bond acceptors (Lipinski definition) is 4. The van der Waals surface area contributed by atoms with E-state index in [9.17, 15) is 4.79 Å². The zero-order chi connectivity index (χ0) is 20.6. The molecule has 0 saturated heterocycles. The Balaban J connectivity index is 1.83. The molecule has 0 atom stereocenters. The number of fused-ring (bicyclic) bond motifs is 1. The Hall–Kier alpha value is -2.63. The highest BCUT2D eigenvalue weighted by atomic mass is 35.5. The quantitative estimate of drug-likeness (QED) is 0.485. The summed E-state index contributed by atoms with van der Waals surface area (Å²) in [7, 11) is 1.52. The lowest BCUT2D eigenvalue weighted by Crippen LogP contribution is -2.35. The monoisotopic (exact) mass is 412 g/mol. The van der Waals surface area contributed by atoms with Crippen LogP contribution in [0.4, 0.5) is 0 Å². The summed E-state index contributed by atoms with van der Waals surface area (Å²) in [5, 5.41) is 1.33. The molecule has 29 heavy (non-hydrogen) atoms. The molecule has 152 valence electrons. The summed E-state index contributed by atoms with van der Waals surface area (Å²) in [6.45, 7) is 3.51. The Labute approximate surface area is 176 Å². The van der Waals surface area contributed by atoms with Gasteiger partial charge in [-0.25, -0.2) is 4.98 Å². The van der Waals surface area contributed by atoms with Crippen LogP contribution >= 0.6 is 11.6 Å². The average molecular weight is 413 g/mol. The van der Waals surface area contributed by atoms with Crippen molar-refractivity contribution in [3.05, 3.63) is 70.9 Å². The molecular formula is C23H25ClN2O3. The number of ether oxygens (including phenoxy) is 2. The third-order valence-electron chi connectivity index (χ3n) is 4.62. The smallest absolute Gasteiger partial charge is 0.248 e. The third kappa shape index (κ3) is 5.68. The molecule has 0 aliphatic rings. The van der Waals surface area contributed by atoms with E-state index >= 15 is 0 Å². The van der Waals surface area contributed by atoms with Gasteiger partial charge in [0.1, 0.15) is 17.5 Å². The van der Waals surface area contributed by atoms with Crippen LogP contribution in [-0.4, -0.2) is 42.7 Å². The van der Waals surface area contributed by atoms with E-state index in [2.05, 4.69) is 17.1 Å². The first-order valence-corrected chi connectivity index (χ1v) is 10.0. The number of amides is 1. The molecule has 3 rings (SSSR count). The Morgan fingerprint density at radius 1 is 1.14 bits per heavy atom. The maximum atomic E-state index is 12.6. The Morgan fingerprint density at radius 2 is 1.93 bits per heavy atom. The third-order valence-corrected chi connectivity index (χ3v) is 4.95. The average Bonchev–Trinajstić information content (AvgIpc) is 2.72. The summed E-state index contributed by atoms with van der Waals surface area (Å²) in [4.78, 5) is 18.9. The van der Waals surface area contributed by atoms with Crippen molar-refractivity contribution in [2.24, 2.45) is 0 Å². The molecule has 0 spiro atoms. The number of rotatable bonds is 9. The van der Waals surface area contributed by atoms with E-state index in [-0.39, 0.29) is 12.5 Å². The van der Waals surface area contributed by atoms with Gasteiger partial charge < -0.3 is 14.4 Å². The molecular weight excluding hydrogens is 388 g/mol. The summed E-state index contributed by atoms with van der Waals surface area (Å²) in [6.07, 6.45) is 0.753. The second kappa shape index (κ2) is 10.2. The highest BCUT2D eigenvalue weighted by molar-refractivity contribution is 6.30. The SMILES string of the molecule is CCOc1ccc2nc(Cl)c(CN(CCc3ccccc3)C(=O)COC)cc2c1. The molecule has 1 amide bonds. The molecule has 0 N–H and O–H groups in total. The number of benzene rings is 2. The van der Waals surface area contributed by atoms with Crippen LogP contribution in [0.2, 0.25) is 5.15 Å². The zero-order valence-electron chi connectivity index (χ0n) is 16.7. The van der Waals surface area contributed by atoms with Crippen molar-refractivity contribution < 1.29 is 14.3 Å². The van der Waals surface area contributed by atoms with Crippen molar-refractivity contribution in [1.29, 1.82) is 0 Å². The largest absolute Gasteiger partial charge is 0.494 e. The van der Waals surface area contributed by atoms with Gasteiger partial charge in [-0.15, -0.1) is 0 Å². The van der Waals surface area contributed by atoms with E-state index in [1.54, 1.807) is 4.90 Å². The molecule has 0 bridgehead atoms. The molecule has 2 aromatic carbocycles. The van der Waals surface area contributed by atoms with Gasteiger partial charge in [-0.05, 0) is 43.2 Å². The van der Waals surface area contributed by atoms with Gasteiger partial charge in [-0.2, -0.15) is 0 Å². The van der Waals surface area contributed by atoms with Gasteiger partial charge >= 0.3 is 0 Å². The molecule has 0 aliphatic carbocycles. The number of pyridine rings is 1. The van der Waals surface area contributed by atoms with Crippen molar-refractivity contribution in [2.45, 2.75) is 19.9 Å². The maximum absolute atomic E-state index is 12.6. The van der Waals surface area contributed by atoms with Crippen LogP contribution in [0.3, 0.4) is 0 Å². The summed E-state index contributed by atoms with van der Waals surface area (Å²) in [5.41, 5.74) is 2.76. The summed E-state index contributed by atoms with van der Waals surface area (Å²) < 4.78 is 10.6. The lowest BCUT2D eigenvalue weighted by atomic mass is 10.1. The van der Waals surface area contributed by atoms with Gasteiger partial charge in [0.25, 0.3) is 0 Å². The second-order valence-electron chi connectivity index (χ2n) is 6.71. The topological polar surface area (TPSA) is 51.7 Å². The predicted molar refractivity (Wildman–Crippen MR) is 115 cm³/mol. The van der Waals surface area contributed by atoms with Crippen molar-refractivity contribution in [1.82, 2.24) is 9.88 Å². The van der Waals surface area contributed by atoms with E-state index in [0.29, 0.717) is 24.8 Å². The first-order valence-electron chi connectivity index (χ1n) is 9.63. The first-order chi connectivity index (χ1) is 14.1. The molecule has 0 fully saturated rings. The fourth-order valence-electron chi connectivity index (χ4n) is 3.16. The number of carbonyl (C=O) groups excluding carboxylic acids is 1. The highest BCUT2D eigenvalue weighted by Gasteiger charge is 2.17.